The van der Waals surface area contributed by atoms with Gasteiger partial charge >= 0.3 is 0 Å². The molecule has 1 aromatic rings. The molecule has 106 valence electrons. The number of sulfone groups is 1. The van der Waals surface area contributed by atoms with E-state index < -0.39 is 9.84 Å². The molecule has 0 unspecified atom stereocenters. The highest BCUT2D eigenvalue weighted by molar-refractivity contribution is 7.90. The van der Waals surface area contributed by atoms with Crippen molar-refractivity contribution in [1.82, 2.24) is 4.98 Å². The highest BCUT2D eigenvalue weighted by atomic mass is 32.2. The van der Waals surface area contributed by atoms with Crippen LogP contribution in [0.5, 0.6) is 0 Å². The third-order valence-electron chi connectivity index (χ3n) is 3.92. The molecule has 0 amide bonds. The van der Waals surface area contributed by atoms with E-state index >= 15 is 0 Å². The van der Waals surface area contributed by atoms with Crippen LogP contribution in [0.1, 0.15) is 49.8 Å². The highest BCUT2D eigenvalue weighted by Crippen LogP contribution is 2.26. The smallest absolute Gasteiger partial charge is 0.154 e. The lowest BCUT2D eigenvalue weighted by molar-refractivity contribution is 0.350. The average Bonchev–Trinajstić information content (AvgIpc) is 2.40. The zero-order chi connectivity index (χ0) is 13.7. The molecule has 0 atom stereocenters. The van der Waals surface area contributed by atoms with E-state index in [1.807, 2.05) is 19.1 Å². The van der Waals surface area contributed by atoms with Gasteiger partial charge in [-0.1, -0.05) is 38.2 Å². The van der Waals surface area contributed by atoms with E-state index in [1.165, 1.54) is 32.1 Å². The van der Waals surface area contributed by atoms with Gasteiger partial charge in [0.25, 0.3) is 0 Å². The Bertz CT molecular complexity index is 487. The van der Waals surface area contributed by atoms with Crippen LogP contribution in [0, 0.1) is 12.8 Å². The maximum atomic E-state index is 12.1. The summed E-state index contributed by atoms with van der Waals surface area (Å²) < 4.78 is 24.2. The van der Waals surface area contributed by atoms with Crippen LogP contribution in [0.4, 0.5) is 0 Å². The Labute approximate surface area is 116 Å². The van der Waals surface area contributed by atoms with Crippen LogP contribution in [0.15, 0.2) is 18.3 Å². The third kappa shape index (κ3) is 4.94. The maximum absolute atomic E-state index is 12.1. The first-order chi connectivity index (χ1) is 9.05. The second kappa shape index (κ2) is 6.51. The van der Waals surface area contributed by atoms with Crippen molar-refractivity contribution >= 4 is 9.84 Å². The molecule has 3 nitrogen and oxygen atoms in total. The van der Waals surface area contributed by atoms with Gasteiger partial charge in [-0.2, -0.15) is 0 Å². The molecule has 0 spiro atoms. The van der Waals surface area contributed by atoms with Gasteiger partial charge in [-0.15, -0.1) is 0 Å². The van der Waals surface area contributed by atoms with Crippen LogP contribution in [0.3, 0.4) is 0 Å². The van der Waals surface area contributed by atoms with Crippen molar-refractivity contribution in [2.75, 3.05) is 5.75 Å². The second-order valence-electron chi connectivity index (χ2n) is 5.69. The van der Waals surface area contributed by atoms with Crippen LogP contribution in [-0.2, 0) is 15.6 Å². The summed E-state index contributed by atoms with van der Waals surface area (Å²) in [6, 6.07) is 3.73. The SMILES string of the molecule is Cc1ccc(CS(=O)(=O)CCC2CCCCC2)cn1. The van der Waals surface area contributed by atoms with E-state index in [2.05, 4.69) is 4.98 Å². The molecule has 0 bridgehead atoms. The van der Waals surface area contributed by atoms with Crippen LogP contribution >= 0.6 is 0 Å². The van der Waals surface area contributed by atoms with Crippen molar-refractivity contribution in [2.45, 2.75) is 51.2 Å². The van der Waals surface area contributed by atoms with E-state index in [0.29, 0.717) is 11.7 Å². The molecule has 1 heterocycles. The molecule has 1 aliphatic carbocycles. The molecule has 1 saturated carbocycles. The molecule has 1 aliphatic rings. The zero-order valence-corrected chi connectivity index (χ0v) is 12.5. The van der Waals surface area contributed by atoms with Gasteiger partial charge in [-0.05, 0) is 30.9 Å². The number of hydrogen-bond donors (Lipinski definition) is 0. The van der Waals surface area contributed by atoms with E-state index in [-0.39, 0.29) is 5.75 Å². The fraction of sp³-hybridized carbons (Fsp3) is 0.667. The Morgan fingerprint density at radius 1 is 1.21 bits per heavy atom. The fourth-order valence-electron chi connectivity index (χ4n) is 2.73. The molecule has 0 saturated heterocycles. The summed E-state index contributed by atoms with van der Waals surface area (Å²) in [5, 5.41) is 0. The molecule has 1 aromatic heterocycles. The lowest BCUT2D eigenvalue weighted by Crippen LogP contribution is -2.15. The minimum atomic E-state index is -2.99. The molecule has 19 heavy (non-hydrogen) atoms. The predicted molar refractivity (Wildman–Crippen MR) is 77.7 cm³/mol. The number of nitrogens with zero attached hydrogens (tertiary/aromatic N) is 1. The third-order valence-corrected chi connectivity index (χ3v) is 5.55. The van der Waals surface area contributed by atoms with Gasteiger partial charge < -0.3 is 0 Å². The molecule has 0 N–H and O–H groups in total. The number of aryl methyl sites for hydroxylation is 1. The molecule has 0 aromatic carbocycles. The molecule has 0 radical (unpaired) electrons. The zero-order valence-electron chi connectivity index (χ0n) is 11.6. The van der Waals surface area contributed by atoms with Crippen molar-refractivity contribution < 1.29 is 8.42 Å². The predicted octanol–water partition coefficient (Wildman–Crippen LogP) is 3.28. The number of rotatable bonds is 5. The molecule has 2 rings (SSSR count). The van der Waals surface area contributed by atoms with E-state index in [1.54, 1.807) is 6.20 Å². The Morgan fingerprint density at radius 2 is 1.95 bits per heavy atom. The molecular weight excluding hydrogens is 258 g/mol. The normalized spacial score (nSPS) is 17.5. The molecule has 0 aliphatic heterocycles. The summed E-state index contributed by atoms with van der Waals surface area (Å²) in [6.07, 6.45) is 8.79. The minimum absolute atomic E-state index is 0.132. The topological polar surface area (TPSA) is 47.0 Å². The standard InChI is InChI=1S/C15H23NO2S/c1-13-7-8-15(11-16-13)12-19(17,18)10-9-14-5-3-2-4-6-14/h7-8,11,14H,2-6,9-10,12H2,1H3. The van der Waals surface area contributed by atoms with Crippen LogP contribution in [-0.4, -0.2) is 19.2 Å². The average molecular weight is 281 g/mol. The van der Waals surface area contributed by atoms with Crippen LogP contribution in [0.25, 0.3) is 0 Å². The first-order valence-electron chi connectivity index (χ1n) is 7.17. The first kappa shape index (κ1) is 14.5. The summed E-state index contributed by atoms with van der Waals surface area (Å²) >= 11 is 0. The minimum Gasteiger partial charge on any atom is -0.261 e. The van der Waals surface area contributed by atoms with Crippen molar-refractivity contribution in [2.24, 2.45) is 5.92 Å². The van der Waals surface area contributed by atoms with E-state index in [9.17, 15) is 8.42 Å². The summed E-state index contributed by atoms with van der Waals surface area (Å²) in [4.78, 5) is 4.15. The molecular formula is C15H23NO2S. The van der Waals surface area contributed by atoms with Gasteiger partial charge in [0.15, 0.2) is 9.84 Å². The summed E-state index contributed by atoms with van der Waals surface area (Å²) in [5.74, 6) is 1.08. The van der Waals surface area contributed by atoms with E-state index in [0.717, 1.165) is 17.7 Å². The van der Waals surface area contributed by atoms with Crippen LogP contribution in [0.2, 0.25) is 0 Å². The first-order valence-corrected chi connectivity index (χ1v) is 8.99. The van der Waals surface area contributed by atoms with Gasteiger partial charge in [-0.3, -0.25) is 4.98 Å². The van der Waals surface area contributed by atoms with Crippen molar-refractivity contribution in [3.63, 3.8) is 0 Å². The fourth-order valence-corrected chi connectivity index (χ4v) is 4.25. The van der Waals surface area contributed by atoms with Crippen LogP contribution < -0.4 is 0 Å². The Morgan fingerprint density at radius 3 is 2.58 bits per heavy atom. The van der Waals surface area contributed by atoms with Gasteiger partial charge in [-0.25, -0.2) is 8.42 Å². The van der Waals surface area contributed by atoms with Gasteiger partial charge in [0.1, 0.15) is 0 Å². The summed E-state index contributed by atoms with van der Waals surface area (Å²) in [5.41, 5.74) is 1.72. The Kier molecular flexibility index (Phi) is 4.97. The maximum Gasteiger partial charge on any atom is 0.154 e. The summed E-state index contributed by atoms with van der Waals surface area (Å²) in [7, 11) is -2.99. The van der Waals surface area contributed by atoms with Crippen molar-refractivity contribution in [3.05, 3.63) is 29.6 Å². The monoisotopic (exact) mass is 281 g/mol. The van der Waals surface area contributed by atoms with Gasteiger partial charge in [0.2, 0.25) is 0 Å². The van der Waals surface area contributed by atoms with Crippen molar-refractivity contribution in [3.8, 4) is 0 Å². The number of aromatic nitrogens is 1. The lowest BCUT2D eigenvalue weighted by Gasteiger charge is -2.21. The summed E-state index contributed by atoms with van der Waals surface area (Å²) in [6.45, 7) is 1.90. The van der Waals surface area contributed by atoms with Gasteiger partial charge in [0, 0.05) is 11.9 Å². The molecule has 4 heteroatoms. The largest absolute Gasteiger partial charge is 0.261 e. The quantitative estimate of drug-likeness (QED) is 0.832. The number of pyridine rings is 1. The number of hydrogen-bond acceptors (Lipinski definition) is 3. The van der Waals surface area contributed by atoms with Gasteiger partial charge in [0.05, 0.1) is 11.5 Å². The highest BCUT2D eigenvalue weighted by Gasteiger charge is 2.18. The van der Waals surface area contributed by atoms with Crippen molar-refractivity contribution in [1.29, 1.82) is 0 Å². The molecule has 1 fully saturated rings. The van der Waals surface area contributed by atoms with E-state index in [4.69, 9.17) is 0 Å². The Hall–Kier alpha value is -0.900. The lowest BCUT2D eigenvalue weighted by atomic mass is 9.88. The Balaban J connectivity index is 1.85. The second-order valence-corrected chi connectivity index (χ2v) is 7.88.